The number of tetrazole rings is 1. The largest absolute Gasteiger partial charge is 0.383 e. The van der Waals surface area contributed by atoms with Crippen LogP contribution in [0.3, 0.4) is 0 Å². The van der Waals surface area contributed by atoms with E-state index in [0.717, 1.165) is 51.3 Å². The van der Waals surface area contributed by atoms with Crippen molar-refractivity contribution in [2.45, 2.75) is 38.8 Å². The molecule has 1 saturated heterocycles. The van der Waals surface area contributed by atoms with Gasteiger partial charge in [-0.05, 0) is 29.0 Å². The Morgan fingerprint density at radius 2 is 2.04 bits per heavy atom. The maximum absolute atomic E-state index is 14.1. The van der Waals surface area contributed by atoms with Gasteiger partial charge in [0.15, 0.2) is 0 Å². The lowest BCUT2D eigenvalue weighted by molar-refractivity contribution is -0.933. The summed E-state index contributed by atoms with van der Waals surface area (Å²) in [6.45, 7) is 7.01. The van der Waals surface area contributed by atoms with Gasteiger partial charge < -0.3 is 14.5 Å². The van der Waals surface area contributed by atoms with E-state index in [2.05, 4.69) is 27.3 Å². The fourth-order valence-corrected chi connectivity index (χ4v) is 3.81. The molecule has 0 bridgehead atoms. The molecule has 7 nitrogen and oxygen atoms in total. The zero-order chi connectivity index (χ0) is 19.1. The van der Waals surface area contributed by atoms with Crippen molar-refractivity contribution in [1.29, 1.82) is 0 Å². The summed E-state index contributed by atoms with van der Waals surface area (Å²) < 4.78 is 21.2. The Hall–Kier alpha value is -2.06. The quantitative estimate of drug-likeness (QED) is 0.709. The molecule has 1 aromatic carbocycles. The van der Waals surface area contributed by atoms with E-state index in [1.54, 1.807) is 13.2 Å². The highest BCUT2D eigenvalue weighted by molar-refractivity contribution is 5.47. The minimum absolute atomic E-state index is 0.146. The lowest BCUT2D eigenvalue weighted by atomic mass is 10.1. The minimum atomic E-state index is -0.146. The Balaban J connectivity index is 1.70. The molecule has 0 saturated carbocycles. The minimum Gasteiger partial charge on any atom is -0.383 e. The van der Waals surface area contributed by atoms with Gasteiger partial charge in [-0.1, -0.05) is 25.5 Å². The highest BCUT2D eigenvalue weighted by Crippen LogP contribution is 2.19. The summed E-state index contributed by atoms with van der Waals surface area (Å²) in [6, 6.07) is 7.29. The highest BCUT2D eigenvalue weighted by Gasteiger charge is 2.32. The van der Waals surface area contributed by atoms with Crippen LogP contribution in [-0.4, -0.2) is 60.1 Å². The van der Waals surface area contributed by atoms with Crippen molar-refractivity contribution in [2.75, 3.05) is 44.8 Å². The second kappa shape index (κ2) is 9.75. The number of benzene rings is 1. The van der Waals surface area contributed by atoms with E-state index in [1.807, 2.05) is 16.8 Å². The molecule has 0 unspecified atom stereocenters. The zero-order valence-electron chi connectivity index (χ0n) is 16.3. The normalized spacial score (nSPS) is 16.6. The van der Waals surface area contributed by atoms with Gasteiger partial charge in [0.1, 0.15) is 11.9 Å². The van der Waals surface area contributed by atoms with E-state index in [-0.39, 0.29) is 11.9 Å². The molecule has 1 aliphatic rings. The predicted octanol–water partition coefficient (Wildman–Crippen LogP) is 1.10. The molecule has 0 radical (unpaired) electrons. The summed E-state index contributed by atoms with van der Waals surface area (Å²) in [4.78, 5) is 3.62. The molecular formula is C19H30FN6O+. The summed E-state index contributed by atoms with van der Waals surface area (Å²) in [6.07, 6.45) is 3.34. The third-order valence-electron chi connectivity index (χ3n) is 5.32. The molecule has 1 fully saturated rings. The Labute approximate surface area is 160 Å². The highest BCUT2D eigenvalue weighted by atomic mass is 19.1. The number of aromatic nitrogens is 4. The van der Waals surface area contributed by atoms with Crippen molar-refractivity contribution in [2.24, 2.45) is 0 Å². The average Bonchev–Trinajstić information content (AvgIpc) is 3.16. The van der Waals surface area contributed by atoms with Crippen LogP contribution < -0.4 is 9.80 Å². The molecule has 2 aromatic rings. The number of hydrogen-bond acceptors (Lipinski definition) is 5. The number of nitrogens with zero attached hydrogens (tertiary/aromatic N) is 5. The number of para-hydroxylation sites is 1. The number of anilines is 1. The number of piperazine rings is 1. The van der Waals surface area contributed by atoms with Crippen LogP contribution in [0.25, 0.3) is 0 Å². The molecule has 0 spiro atoms. The van der Waals surface area contributed by atoms with Crippen molar-refractivity contribution in [1.82, 2.24) is 20.2 Å². The number of nitrogens with one attached hydrogen (secondary N) is 1. The molecule has 2 heterocycles. The average molecular weight is 377 g/mol. The molecule has 0 aliphatic carbocycles. The summed E-state index contributed by atoms with van der Waals surface area (Å²) in [5.74, 6) is 0.793. The van der Waals surface area contributed by atoms with Crippen molar-refractivity contribution in [3.8, 4) is 0 Å². The number of methoxy groups -OCH3 is 1. The van der Waals surface area contributed by atoms with Crippen LogP contribution in [0.4, 0.5) is 10.1 Å². The van der Waals surface area contributed by atoms with Crippen molar-refractivity contribution in [3.63, 3.8) is 0 Å². The fraction of sp³-hybridized carbons (Fsp3) is 0.632. The smallest absolute Gasteiger partial charge is 0.209 e. The maximum Gasteiger partial charge on any atom is 0.209 e. The number of unbranched alkanes of at least 4 members (excludes halogenated alkanes) is 1. The summed E-state index contributed by atoms with van der Waals surface area (Å²) in [7, 11) is 1.69. The molecule has 1 atom stereocenters. The number of ether oxygens (including phenoxy) is 1. The second-order valence-corrected chi connectivity index (χ2v) is 7.04. The van der Waals surface area contributed by atoms with Crippen LogP contribution >= 0.6 is 0 Å². The molecular weight excluding hydrogens is 347 g/mol. The third-order valence-corrected chi connectivity index (χ3v) is 5.32. The maximum atomic E-state index is 14.1. The van der Waals surface area contributed by atoms with Gasteiger partial charge in [-0.2, -0.15) is 0 Å². The first-order chi connectivity index (χ1) is 13.2. The van der Waals surface area contributed by atoms with Crippen LogP contribution in [0.1, 0.15) is 38.1 Å². The van der Waals surface area contributed by atoms with Crippen LogP contribution in [0.5, 0.6) is 0 Å². The van der Waals surface area contributed by atoms with Crippen LogP contribution in [0.15, 0.2) is 24.3 Å². The first kappa shape index (κ1) is 19.7. The standard InChI is InChI=1S/C19H29FN6O/c1-3-4-8-18(19-21-22-23-26(19)14-15-27-2)25-12-10-24(11-13-25)17-9-6-5-7-16(17)20/h5-7,9,18H,3-4,8,10-15H2,1-2H3/p+1/t18-/m0/s1. The number of rotatable bonds is 9. The summed E-state index contributed by atoms with van der Waals surface area (Å²) in [5.41, 5.74) is 0.701. The monoisotopic (exact) mass is 377 g/mol. The Morgan fingerprint density at radius 3 is 2.74 bits per heavy atom. The fourth-order valence-electron chi connectivity index (χ4n) is 3.81. The molecule has 27 heavy (non-hydrogen) atoms. The van der Waals surface area contributed by atoms with Crippen LogP contribution in [0, 0.1) is 5.82 Å². The van der Waals surface area contributed by atoms with Crippen molar-refractivity contribution in [3.05, 3.63) is 35.9 Å². The number of halogens is 1. The molecule has 8 heteroatoms. The van der Waals surface area contributed by atoms with E-state index in [1.165, 1.54) is 11.0 Å². The van der Waals surface area contributed by atoms with Gasteiger partial charge >= 0.3 is 0 Å². The third kappa shape index (κ3) is 4.81. The topological polar surface area (TPSA) is 60.5 Å². The molecule has 3 rings (SSSR count). The van der Waals surface area contributed by atoms with Gasteiger partial charge in [0.2, 0.25) is 5.82 Å². The van der Waals surface area contributed by atoms with E-state index in [4.69, 9.17) is 4.74 Å². The van der Waals surface area contributed by atoms with E-state index in [0.29, 0.717) is 18.8 Å². The molecule has 1 N–H and O–H groups in total. The van der Waals surface area contributed by atoms with Gasteiger partial charge in [-0.3, -0.25) is 0 Å². The van der Waals surface area contributed by atoms with Gasteiger partial charge in [0.05, 0.1) is 45.0 Å². The summed E-state index contributed by atoms with van der Waals surface area (Å²) in [5, 5.41) is 12.4. The van der Waals surface area contributed by atoms with Crippen molar-refractivity contribution >= 4 is 5.69 Å². The van der Waals surface area contributed by atoms with Gasteiger partial charge in [0.25, 0.3) is 0 Å². The predicted molar refractivity (Wildman–Crippen MR) is 101 cm³/mol. The Kier molecular flexibility index (Phi) is 7.11. The second-order valence-electron chi connectivity index (χ2n) is 7.04. The zero-order valence-corrected chi connectivity index (χ0v) is 16.3. The molecule has 148 valence electrons. The van der Waals surface area contributed by atoms with E-state index in [9.17, 15) is 4.39 Å². The van der Waals surface area contributed by atoms with E-state index >= 15 is 0 Å². The first-order valence-electron chi connectivity index (χ1n) is 9.83. The van der Waals surface area contributed by atoms with Gasteiger partial charge in [-0.25, -0.2) is 9.07 Å². The SMILES string of the molecule is CCCC[C@@H](c1nnnn1CCOC)[NH+]1CCN(c2ccccc2F)CC1. The molecule has 1 aromatic heterocycles. The molecule has 1 aliphatic heterocycles. The number of quaternary nitrogens is 1. The van der Waals surface area contributed by atoms with Crippen LogP contribution in [-0.2, 0) is 11.3 Å². The van der Waals surface area contributed by atoms with Gasteiger partial charge in [0, 0.05) is 13.5 Å². The Morgan fingerprint density at radius 1 is 1.26 bits per heavy atom. The van der Waals surface area contributed by atoms with E-state index < -0.39 is 0 Å². The molecule has 0 amide bonds. The summed E-state index contributed by atoms with van der Waals surface area (Å²) >= 11 is 0. The lowest BCUT2D eigenvalue weighted by Crippen LogP contribution is -3.15. The number of hydrogen-bond donors (Lipinski definition) is 1. The lowest BCUT2D eigenvalue weighted by Gasteiger charge is -2.37. The van der Waals surface area contributed by atoms with Crippen molar-refractivity contribution < 1.29 is 14.0 Å². The van der Waals surface area contributed by atoms with Gasteiger partial charge in [-0.15, -0.1) is 5.10 Å². The van der Waals surface area contributed by atoms with Crippen LogP contribution in [0.2, 0.25) is 0 Å². The first-order valence-corrected chi connectivity index (χ1v) is 9.83. The Bertz CT molecular complexity index is 701.